The normalized spacial score (nSPS) is 11.5. The van der Waals surface area contributed by atoms with Crippen LogP contribution in [0.15, 0.2) is 29.8 Å². The van der Waals surface area contributed by atoms with Crippen LogP contribution in [-0.2, 0) is 6.18 Å². The van der Waals surface area contributed by atoms with Gasteiger partial charge in [0.05, 0.1) is 17.2 Å². The van der Waals surface area contributed by atoms with Crippen molar-refractivity contribution < 1.29 is 17.9 Å². The van der Waals surface area contributed by atoms with Gasteiger partial charge in [-0.3, -0.25) is 0 Å². The van der Waals surface area contributed by atoms with Crippen molar-refractivity contribution in [3.8, 4) is 11.8 Å². The molecule has 0 aliphatic heterocycles. The highest BCUT2D eigenvalue weighted by atomic mass is 35.5. The van der Waals surface area contributed by atoms with Gasteiger partial charge < -0.3 is 4.74 Å². The third-order valence-electron chi connectivity index (χ3n) is 1.84. The summed E-state index contributed by atoms with van der Waals surface area (Å²) in [6, 6.07) is 4.77. The van der Waals surface area contributed by atoms with Gasteiger partial charge in [-0.1, -0.05) is 11.6 Å². The van der Waals surface area contributed by atoms with Gasteiger partial charge in [-0.15, -0.1) is 0 Å². The number of halogens is 4. The number of hydrogen-bond donors (Lipinski definition) is 0. The average Bonchev–Trinajstić information content (AvgIpc) is 2.28. The van der Waals surface area contributed by atoms with E-state index in [1.54, 1.807) is 6.07 Å². The molecule has 0 aromatic heterocycles. The number of nitrogens with zero attached hydrogens (tertiary/aromatic N) is 1. The van der Waals surface area contributed by atoms with Gasteiger partial charge in [0.2, 0.25) is 0 Å². The summed E-state index contributed by atoms with van der Waals surface area (Å²) in [4.78, 5) is 0. The molecule has 0 amide bonds. The van der Waals surface area contributed by atoms with Crippen LogP contribution in [0.2, 0.25) is 0 Å². The molecule has 0 bridgehead atoms. The van der Waals surface area contributed by atoms with E-state index < -0.39 is 11.7 Å². The molecule has 1 aromatic carbocycles. The zero-order valence-electron chi connectivity index (χ0n) is 8.46. The minimum absolute atomic E-state index is 0.0710. The summed E-state index contributed by atoms with van der Waals surface area (Å²) in [6.07, 6.45) is -3.20. The van der Waals surface area contributed by atoms with Crippen molar-refractivity contribution in [3.63, 3.8) is 0 Å². The largest absolute Gasteiger partial charge is 0.489 e. The number of nitriles is 1. The number of benzene rings is 1. The van der Waals surface area contributed by atoms with Crippen molar-refractivity contribution in [2.75, 3.05) is 6.61 Å². The molecule has 0 saturated carbocycles. The Labute approximate surface area is 101 Å². The molecule has 90 valence electrons. The smallest absolute Gasteiger partial charge is 0.420 e. The van der Waals surface area contributed by atoms with Crippen molar-refractivity contribution in [1.82, 2.24) is 0 Å². The van der Waals surface area contributed by atoms with Crippen molar-refractivity contribution in [2.45, 2.75) is 6.18 Å². The maximum absolute atomic E-state index is 12.6. The van der Waals surface area contributed by atoms with E-state index >= 15 is 0 Å². The standard InChI is InChI=1S/C11H7ClF3NO/c12-4-1-5-17-10-3-2-8(7-16)6-9(10)11(13,14)15/h1-4,6H,5H2/b4-1+. The van der Waals surface area contributed by atoms with Gasteiger partial charge in [0, 0.05) is 5.54 Å². The van der Waals surface area contributed by atoms with Crippen LogP contribution < -0.4 is 4.74 Å². The lowest BCUT2D eigenvalue weighted by molar-refractivity contribution is -0.138. The van der Waals surface area contributed by atoms with E-state index in [1.807, 2.05) is 0 Å². The molecule has 0 heterocycles. The van der Waals surface area contributed by atoms with Gasteiger partial charge in [-0.2, -0.15) is 18.4 Å². The summed E-state index contributed by atoms with van der Waals surface area (Å²) in [5.41, 5.74) is 0.105. The maximum Gasteiger partial charge on any atom is 0.420 e. The minimum Gasteiger partial charge on any atom is -0.489 e. The Balaban J connectivity index is 3.08. The van der Waals surface area contributed by atoms with Crippen LogP contribution in [0.3, 0.4) is 0 Å². The molecule has 0 fully saturated rings. The van der Waals surface area contributed by atoms with Crippen LogP contribution in [0.4, 0.5) is 13.2 Å². The van der Waals surface area contributed by atoms with E-state index in [2.05, 4.69) is 0 Å². The lowest BCUT2D eigenvalue weighted by atomic mass is 10.1. The highest BCUT2D eigenvalue weighted by Crippen LogP contribution is 2.36. The highest BCUT2D eigenvalue weighted by Gasteiger charge is 2.34. The zero-order valence-corrected chi connectivity index (χ0v) is 9.22. The predicted molar refractivity (Wildman–Crippen MR) is 56.6 cm³/mol. The predicted octanol–water partition coefficient (Wildman–Crippen LogP) is 3.71. The van der Waals surface area contributed by atoms with Gasteiger partial charge in [-0.25, -0.2) is 0 Å². The fourth-order valence-corrected chi connectivity index (χ4v) is 1.19. The van der Waals surface area contributed by atoms with Gasteiger partial charge in [0.1, 0.15) is 12.4 Å². The number of hydrogen-bond acceptors (Lipinski definition) is 2. The first-order valence-electron chi connectivity index (χ1n) is 4.48. The van der Waals surface area contributed by atoms with Crippen LogP contribution >= 0.6 is 11.6 Å². The molecule has 0 aliphatic carbocycles. The second-order valence-corrected chi connectivity index (χ2v) is 3.25. The summed E-state index contributed by atoms with van der Waals surface area (Å²) in [7, 11) is 0. The molecular formula is C11H7ClF3NO. The van der Waals surface area contributed by atoms with Gasteiger partial charge in [-0.05, 0) is 24.3 Å². The first-order chi connectivity index (χ1) is 7.99. The van der Waals surface area contributed by atoms with Gasteiger partial charge in [0.25, 0.3) is 0 Å². The summed E-state index contributed by atoms with van der Waals surface area (Å²) >= 11 is 5.22. The van der Waals surface area contributed by atoms with E-state index in [0.717, 1.165) is 17.7 Å². The first-order valence-corrected chi connectivity index (χ1v) is 4.92. The molecule has 0 saturated heterocycles. The van der Waals surface area contributed by atoms with E-state index in [4.69, 9.17) is 21.6 Å². The first kappa shape index (κ1) is 13.4. The monoisotopic (exact) mass is 261 g/mol. The van der Waals surface area contributed by atoms with E-state index in [0.29, 0.717) is 0 Å². The molecule has 1 rings (SSSR count). The number of ether oxygens (including phenoxy) is 1. The summed E-state index contributed by atoms with van der Waals surface area (Å²) in [5.74, 6) is -0.328. The molecule has 0 atom stereocenters. The Morgan fingerprint density at radius 1 is 1.41 bits per heavy atom. The molecule has 0 radical (unpaired) electrons. The maximum atomic E-state index is 12.6. The molecule has 0 N–H and O–H groups in total. The van der Waals surface area contributed by atoms with Crippen LogP contribution in [0.5, 0.6) is 5.75 Å². The molecule has 1 aromatic rings. The molecule has 0 aliphatic rings. The fourth-order valence-electron chi connectivity index (χ4n) is 1.12. The summed E-state index contributed by atoms with van der Waals surface area (Å²) in [5, 5.41) is 8.55. The quantitative estimate of drug-likeness (QED) is 0.831. The average molecular weight is 262 g/mol. The lowest BCUT2D eigenvalue weighted by Gasteiger charge is -2.13. The topological polar surface area (TPSA) is 33.0 Å². The Morgan fingerprint density at radius 3 is 2.65 bits per heavy atom. The Hall–Kier alpha value is -1.67. The van der Waals surface area contributed by atoms with Crippen LogP contribution in [0.1, 0.15) is 11.1 Å². The van der Waals surface area contributed by atoms with Crippen molar-refractivity contribution in [1.29, 1.82) is 5.26 Å². The summed E-state index contributed by atoms with van der Waals surface area (Å²) < 4.78 is 42.8. The molecule has 6 heteroatoms. The number of rotatable bonds is 3. The molecule has 0 spiro atoms. The van der Waals surface area contributed by atoms with Crippen LogP contribution in [0, 0.1) is 11.3 Å². The number of alkyl halides is 3. The summed E-state index contributed by atoms with van der Waals surface area (Å²) in [6.45, 7) is -0.0710. The minimum atomic E-state index is -4.56. The zero-order chi connectivity index (χ0) is 12.9. The third kappa shape index (κ3) is 3.68. The molecular weight excluding hydrogens is 255 g/mol. The van der Waals surface area contributed by atoms with E-state index in [9.17, 15) is 13.2 Å². The van der Waals surface area contributed by atoms with Crippen LogP contribution in [-0.4, -0.2) is 6.61 Å². The van der Waals surface area contributed by atoms with Gasteiger partial charge >= 0.3 is 6.18 Å². The van der Waals surface area contributed by atoms with Crippen LogP contribution in [0.25, 0.3) is 0 Å². The van der Waals surface area contributed by atoms with Crippen molar-refractivity contribution in [3.05, 3.63) is 40.9 Å². The Kier molecular flexibility index (Phi) is 4.41. The Bertz CT molecular complexity index is 463. The third-order valence-corrected chi connectivity index (χ3v) is 2.02. The second-order valence-electron chi connectivity index (χ2n) is 2.99. The fraction of sp³-hybridized carbons (Fsp3) is 0.182. The highest BCUT2D eigenvalue weighted by molar-refractivity contribution is 6.25. The van der Waals surface area contributed by atoms with E-state index in [1.165, 1.54) is 12.1 Å². The molecule has 2 nitrogen and oxygen atoms in total. The molecule has 17 heavy (non-hydrogen) atoms. The van der Waals surface area contributed by atoms with Crippen molar-refractivity contribution >= 4 is 11.6 Å². The van der Waals surface area contributed by atoms with Gasteiger partial charge in [0.15, 0.2) is 0 Å². The molecule has 0 unspecified atom stereocenters. The van der Waals surface area contributed by atoms with E-state index in [-0.39, 0.29) is 17.9 Å². The lowest BCUT2D eigenvalue weighted by Crippen LogP contribution is -2.09. The SMILES string of the molecule is N#Cc1ccc(OC/C=C/Cl)c(C(F)(F)F)c1. The Morgan fingerprint density at radius 2 is 2.12 bits per heavy atom. The van der Waals surface area contributed by atoms with Crippen molar-refractivity contribution in [2.24, 2.45) is 0 Å². The second kappa shape index (κ2) is 5.60.